The van der Waals surface area contributed by atoms with Crippen molar-refractivity contribution in [1.82, 2.24) is 0 Å². The van der Waals surface area contributed by atoms with Crippen LogP contribution < -0.4 is 0 Å². The minimum Gasteiger partial charge on any atom is -0.462 e. The van der Waals surface area contributed by atoms with Crippen molar-refractivity contribution < 1.29 is 28.6 Å². The summed E-state index contributed by atoms with van der Waals surface area (Å²) in [7, 11) is 0. The van der Waals surface area contributed by atoms with Crippen LogP contribution in [0.3, 0.4) is 0 Å². The SMILES string of the molecule is CCCCCCC/C=C\C/C=C\C/C=C\CCCCCCCCC(=O)OC(COC(=O)CCCCCCCC)COC(=O)CCCCCCCCCCCCCCCCCCCCCCCCCCCCCCC. The number of esters is 3. The van der Waals surface area contributed by atoms with Crippen LogP contribution in [0.1, 0.15) is 361 Å². The summed E-state index contributed by atoms with van der Waals surface area (Å²) in [5, 5.41) is 0. The molecule has 0 amide bonds. The number of allylic oxidation sites excluding steroid dienone is 6. The summed E-state index contributed by atoms with van der Waals surface area (Å²) in [4.78, 5) is 38.0. The molecule has 0 saturated carbocycles. The number of hydrogen-bond donors (Lipinski definition) is 0. The Balaban J connectivity index is 4.01. The van der Waals surface area contributed by atoms with Gasteiger partial charge in [0.2, 0.25) is 0 Å². The lowest BCUT2D eigenvalue weighted by molar-refractivity contribution is -0.167. The van der Waals surface area contributed by atoms with Crippen molar-refractivity contribution in [2.45, 2.75) is 367 Å². The van der Waals surface area contributed by atoms with Crippen LogP contribution in [-0.2, 0) is 28.6 Å². The Morgan fingerprint density at radius 3 is 0.757 bits per heavy atom. The first-order chi connectivity index (χ1) is 36.5. The average Bonchev–Trinajstić information content (AvgIpc) is 3.40. The molecule has 0 N–H and O–H groups in total. The topological polar surface area (TPSA) is 78.9 Å². The first kappa shape index (κ1) is 71.6. The summed E-state index contributed by atoms with van der Waals surface area (Å²) >= 11 is 0. The molecule has 0 bridgehead atoms. The fraction of sp³-hybridized carbons (Fsp3) is 0.868. The number of ether oxygens (including phenoxy) is 3. The molecule has 0 spiro atoms. The highest BCUT2D eigenvalue weighted by molar-refractivity contribution is 5.71. The number of hydrogen-bond acceptors (Lipinski definition) is 6. The second-order valence-corrected chi connectivity index (χ2v) is 22.4. The van der Waals surface area contributed by atoms with Crippen molar-refractivity contribution in [3.05, 3.63) is 36.5 Å². The molecule has 0 aromatic carbocycles. The highest BCUT2D eigenvalue weighted by Crippen LogP contribution is 2.18. The molecule has 6 nitrogen and oxygen atoms in total. The third-order valence-corrected chi connectivity index (χ3v) is 14.9. The van der Waals surface area contributed by atoms with E-state index in [2.05, 4.69) is 57.2 Å². The Kier molecular flexibility index (Phi) is 61.1. The number of carbonyl (C=O) groups is 3. The zero-order valence-corrected chi connectivity index (χ0v) is 49.9. The maximum absolute atomic E-state index is 12.8. The number of unbranched alkanes of at least 4 members (excludes halogenated alkanes) is 44. The minimum atomic E-state index is -0.774. The summed E-state index contributed by atoms with van der Waals surface area (Å²) < 4.78 is 16.8. The van der Waals surface area contributed by atoms with E-state index in [-0.39, 0.29) is 31.1 Å². The molecule has 6 heteroatoms. The van der Waals surface area contributed by atoms with E-state index in [1.807, 2.05) is 0 Å². The average molecular weight is 1040 g/mol. The van der Waals surface area contributed by atoms with E-state index in [0.717, 1.165) is 77.0 Å². The molecule has 1 atom stereocenters. The predicted octanol–water partition coefficient (Wildman–Crippen LogP) is 22.4. The molecule has 0 rings (SSSR count). The lowest BCUT2D eigenvalue weighted by Crippen LogP contribution is -2.30. The van der Waals surface area contributed by atoms with Crippen molar-refractivity contribution in [1.29, 1.82) is 0 Å². The Hall–Kier alpha value is -2.37. The Morgan fingerprint density at radius 1 is 0.270 bits per heavy atom. The Bertz CT molecular complexity index is 1240. The first-order valence-electron chi connectivity index (χ1n) is 33.0. The van der Waals surface area contributed by atoms with Crippen LogP contribution in [0.15, 0.2) is 36.5 Å². The fourth-order valence-electron chi connectivity index (χ4n) is 9.92. The maximum atomic E-state index is 12.8. The van der Waals surface area contributed by atoms with Crippen molar-refractivity contribution in [3.63, 3.8) is 0 Å². The van der Waals surface area contributed by atoms with Crippen LogP contribution in [0.5, 0.6) is 0 Å². The molecular formula is C68H126O6. The van der Waals surface area contributed by atoms with Crippen LogP contribution >= 0.6 is 0 Å². The predicted molar refractivity (Wildman–Crippen MR) is 321 cm³/mol. The van der Waals surface area contributed by atoms with Crippen LogP contribution in [0.2, 0.25) is 0 Å². The van der Waals surface area contributed by atoms with Gasteiger partial charge in [-0.3, -0.25) is 14.4 Å². The second kappa shape index (κ2) is 63.2. The summed E-state index contributed by atoms with van der Waals surface area (Å²) in [6.45, 7) is 6.61. The van der Waals surface area contributed by atoms with Gasteiger partial charge in [-0.25, -0.2) is 0 Å². The van der Waals surface area contributed by atoms with Crippen molar-refractivity contribution in [3.8, 4) is 0 Å². The van der Waals surface area contributed by atoms with E-state index in [4.69, 9.17) is 14.2 Å². The van der Waals surface area contributed by atoms with Gasteiger partial charge in [0.05, 0.1) is 0 Å². The third-order valence-electron chi connectivity index (χ3n) is 14.9. The molecule has 0 saturated heterocycles. The molecule has 0 aliphatic heterocycles. The van der Waals surface area contributed by atoms with E-state index >= 15 is 0 Å². The monoisotopic (exact) mass is 1040 g/mol. The van der Waals surface area contributed by atoms with Crippen molar-refractivity contribution in [2.75, 3.05) is 13.2 Å². The molecule has 1 unspecified atom stereocenters. The quantitative estimate of drug-likeness (QED) is 0.0261. The number of rotatable bonds is 61. The van der Waals surface area contributed by atoms with Gasteiger partial charge in [-0.15, -0.1) is 0 Å². The van der Waals surface area contributed by atoms with Gasteiger partial charge in [0.15, 0.2) is 6.10 Å². The van der Waals surface area contributed by atoms with Gasteiger partial charge in [-0.05, 0) is 57.8 Å². The highest BCUT2D eigenvalue weighted by Gasteiger charge is 2.19. The van der Waals surface area contributed by atoms with E-state index in [0.29, 0.717) is 19.3 Å². The molecule has 0 radical (unpaired) electrons. The molecule has 0 heterocycles. The van der Waals surface area contributed by atoms with Crippen LogP contribution in [0.4, 0.5) is 0 Å². The van der Waals surface area contributed by atoms with Crippen molar-refractivity contribution in [2.24, 2.45) is 0 Å². The first-order valence-corrected chi connectivity index (χ1v) is 33.0. The van der Waals surface area contributed by atoms with Crippen LogP contribution in [-0.4, -0.2) is 37.2 Å². The standard InChI is InChI=1S/C68H126O6/c1-4-7-10-13-16-18-20-22-24-26-28-30-31-32-33-34-35-36-37-39-40-42-44-46-48-50-52-55-58-61-67(70)73-64-65(63-72-66(69)60-57-54-15-12-9-6-3)74-68(71)62-59-56-53-51-49-47-45-43-41-38-29-27-25-23-21-19-17-14-11-8-5-2/h21,23,27,29,41,43,65H,4-20,22,24-26,28,30-40,42,44-64H2,1-3H3/b23-21-,29-27-,43-41-. The molecule has 0 aromatic heterocycles. The number of carbonyl (C=O) groups excluding carboxylic acids is 3. The summed E-state index contributed by atoms with van der Waals surface area (Å²) in [5.74, 6) is -0.876. The van der Waals surface area contributed by atoms with Gasteiger partial charge in [0, 0.05) is 19.3 Å². The molecule has 74 heavy (non-hydrogen) atoms. The van der Waals surface area contributed by atoms with Gasteiger partial charge >= 0.3 is 17.9 Å². The van der Waals surface area contributed by atoms with Gasteiger partial charge < -0.3 is 14.2 Å². The Morgan fingerprint density at radius 2 is 0.486 bits per heavy atom. The van der Waals surface area contributed by atoms with Gasteiger partial charge in [0.1, 0.15) is 13.2 Å². The van der Waals surface area contributed by atoms with E-state index in [1.165, 1.54) is 244 Å². The lowest BCUT2D eigenvalue weighted by atomic mass is 10.0. The lowest BCUT2D eigenvalue weighted by Gasteiger charge is -2.18. The largest absolute Gasteiger partial charge is 0.462 e. The fourth-order valence-corrected chi connectivity index (χ4v) is 9.92. The molecule has 0 aromatic rings. The highest BCUT2D eigenvalue weighted by atomic mass is 16.6. The normalized spacial score (nSPS) is 12.2. The van der Waals surface area contributed by atoms with Gasteiger partial charge in [-0.1, -0.05) is 320 Å². The van der Waals surface area contributed by atoms with E-state index < -0.39 is 6.10 Å². The minimum absolute atomic E-state index is 0.0736. The Labute approximate surface area is 461 Å². The third kappa shape index (κ3) is 60.5. The zero-order chi connectivity index (χ0) is 53.6. The summed E-state index contributed by atoms with van der Waals surface area (Å²) in [5.41, 5.74) is 0. The van der Waals surface area contributed by atoms with Gasteiger partial charge in [-0.2, -0.15) is 0 Å². The van der Waals surface area contributed by atoms with Crippen LogP contribution in [0, 0.1) is 0 Å². The maximum Gasteiger partial charge on any atom is 0.306 e. The van der Waals surface area contributed by atoms with Crippen LogP contribution in [0.25, 0.3) is 0 Å². The molecule has 0 fully saturated rings. The smallest absolute Gasteiger partial charge is 0.306 e. The zero-order valence-electron chi connectivity index (χ0n) is 49.9. The van der Waals surface area contributed by atoms with Gasteiger partial charge in [0.25, 0.3) is 0 Å². The second-order valence-electron chi connectivity index (χ2n) is 22.4. The van der Waals surface area contributed by atoms with Crippen molar-refractivity contribution >= 4 is 17.9 Å². The molecular weight excluding hydrogens is 913 g/mol. The van der Waals surface area contributed by atoms with E-state index in [1.54, 1.807) is 0 Å². The van der Waals surface area contributed by atoms with E-state index in [9.17, 15) is 14.4 Å². The molecule has 0 aliphatic rings. The molecule has 434 valence electrons. The molecule has 0 aliphatic carbocycles. The summed E-state index contributed by atoms with van der Waals surface area (Å²) in [6, 6.07) is 0. The summed E-state index contributed by atoms with van der Waals surface area (Å²) in [6.07, 6.45) is 77.8.